The van der Waals surface area contributed by atoms with Crippen LogP contribution in [0.15, 0.2) is 24.3 Å². The van der Waals surface area contributed by atoms with Gasteiger partial charge in [-0.1, -0.05) is 13.0 Å². The Kier molecular flexibility index (Phi) is 9.32. The third-order valence-electron chi connectivity index (χ3n) is 6.66. The average molecular weight is 499 g/mol. The smallest absolute Gasteiger partial charge is 0.271 e. The molecule has 2 heterocycles. The second-order valence-electron chi connectivity index (χ2n) is 9.39. The fourth-order valence-corrected chi connectivity index (χ4v) is 4.61. The van der Waals surface area contributed by atoms with Gasteiger partial charge in [-0.15, -0.1) is 0 Å². The van der Waals surface area contributed by atoms with Crippen LogP contribution in [0, 0.1) is 0 Å². The quantitative estimate of drug-likeness (QED) is 0.345. The third-order valence-corrected chi connectivity index (χ3v) is 6.66. The summed E-state index contributed by atoms with van der Waals surface area (Å²) in [5, 5.41) is 16.5. The van der Waals surface area contributed by atoms with Gasteiger partial charge in [0.05, 0.1) is 31.6 Å². The van der Waals surface area contributed by atoms with Gasteiger partial charge in [-0.3, -0.25) is 9.69 Å². The van der Waals surface area contributed by atoms with Crippen molar-refractivity contribution in [1.82, 2.24) is 14.9 Å². The van der Waals surface area contributed by atoms with Crippen LogP contribution in [0.4, 0.5) is 17.3 Å². The first-order valence-electron chi connectivity index (χ1n) is 13.0. The second kappa shape index (κ2) is 12.8. The zero-order chi connectivity index (χ0) is 25.3. The highest BCUT2D eigenvalue weighted by atomic mass is 16.5. The summed E-state index contributed by atoms with van der Waals surface area (Å²) in [6.45, 7) is 7.10. The van der Waals surface area contributed by atoms with Gasteiger partial charge in [-0.25, -0.2) is 9.97 Å². The molecule has 5 N–H and O–H groups in total. The van der Waals surface area contributed by atoms with Crippen LogP contribution in [0.5, 0.6) is 5.75 Å². The Bertz CT molecular complexity index is 1010. The van der Waals surface area contributed by atoms with Crippen LogP contribution in [0.3, 0.4) is 0 Å². The van der Waals surface area contributed by atoms with Crippen molar-refractivity contribution in [3.8, 4) is 5.75 Å². The molecule has 2 aliphatic rings. The number of rotatable bonds is 11. The largest absolute Gasteiger partial charge is 0.493 e. The second-order valence-corrected chi connectivity index (χ2v) is 9.39. The number of nitrogens with zero attached hydrogens (tertiary/aromatic N) is 3. The molecule has 10 heteroatoms. The summed E-state index contributed by atoms with van der Waals surface area (Å²) in [5.41, 5.74) is 7.18. The molecule has 0 radical (unpaired) electrons. The third kappa shape index (κ3) is 7.28. The lowest BCUT2D eigenvalue weighted by Gasteiger charge is -2.27. The highest BCUT2D eigenvalue weighted by molar-refractivity contribution is 5.96. The maximum Gasteiger partial charge on any atom is 0.271 e. The summed E-state index contributed by atoms with van der Waals surface area (Å²) in [6.07, 6.45) is 4.55. The minimum Gasteiger partial charge on any atom is -0.493 e. The molecule has 36 heavy (non-hydrogen) atoms. The number of aryl methyl sites for hydroxylation is 1. The molecule has 1 aromatic heterocycles. The van der Waals surface area contributed by atoms with Crippen molar-refractivity contribution in [2.75, 3.05) is 50.1 Å². The van der Waals surface area contributed by atoms with Gasteiger partial charge in [0.1, 0.15) is 11.6 Å². The van der Waals surface area contributed by atoms with Crippen molar-refractivity contribution in [1.29, 1.82) is 0 Å². The van der Waals surface area contributed by atoms with Gasteiger partial charge in [0.2, 0.25) is 0 Å². The van der Waals surface area contributed by atoms with Crippen molar-refractivity contribution in [2.24, 2.45) is 5.73 Å². The van der Waals surface area contributed by atoms with E-state index in [2.05, 4.69) is 20.5 Å². The number of nitrogens with two attached hydrogens (primary N) is 1. The molecule has 2 aromatic rings. The monoisotopic (exact) mass is 498 g/mol. The number of anilines is 3. The van der Waals surface area contributed by atoms with Crippen molar-refractivity contribution in [2.45, 2.75) is 57.6 Å². The van der Waals surface area contributed by atoms with E-state index in [1.165, 1.54) is 0 Å². The zero-order valence-electron chi connectivity index (χ0n) is 21.0. The van der Waals surface area contributed by atoms with Crippen molar-refractivity contribution in [3.63, 3.8) is 0 Å². The van der Waals surface area contributed by atoms with Crippen LogP contribution >= 0.6 is 0 Å². The summed E-state index contributed by atoms with van der Waals surface area (Å²) < 4.78 is 11.4. The summed E-state index contributed by atoms with van der Waals surface area (Å²) in [7, 11) is 0. The summed E-state index contributed by atoms with van der Waals surface area (Å²) in [4.78, 5) is 23.8. The van der Waals surface area contributed by atoms with E-state index in [0.29, 0.717) is 30.4 Å². The molecule has 0 spiro atoms. The van der Waals surface area contributed by atoms with Gasteiger partial charge in [0.15, 0.2) is 11.5 Å². The molecule has 0 unspecified atom stereocenters. The lowest BCUT2D eigenvalue weighted by atomic mass is 9.93. The van der Waals surface area contributed by atoms with Gasteiger partial charge in [-0.05, 0) is 50.7 Å². The maximum atomic E-state index is 12.2. The van der Waals surface area contributed by atoms with Gasteiger partial charge in [-0.2, -0.15) is 0 Å². The van der Waals surface area contributed by atoms with Gasteiger partial charge < -0.3 is 30.9 Å². The Labute approximate surface area is 212 Å². The number of morpholine rings is 1. The van der Waals surface area contributed by atoms with Crippen LogP contribution in [0.25, 0.3) is 0 Å². The van der Waals surface area contributed by atoms with E-state index in [-0.39, 0.29) is 17.8 Å². The number of hydrogen-bond donors (Lipinski definition) is 4. The first kappa shape index (κ1) is 26.1. The Morgan fingerprint density at radius 2 is 1.97 bits per heavy atom. The number of carbonyl (C=O) groups is 1. The predicted molar refractivity (Wildman–Crippen MR) is 139 cm³/mol. The normalized spacial score (nSPS) is 20.6. The Morgan fingerprint density at radius 3 is 2.69 bits per heavy atom. The number of aromatic nitrogens is 2. The number of nitrogens with one attached hydrogen (secondary N) is 2. The maximum absolute atomic E-state index is 12.2. The molecule has 0 bridgehead atoms. The number of benzene rings is 1. The van der Waals surface area contributed by atoms with E-state index in [4.69, 9.17) is 20.2 Å². The standard InChI is InChI=1S/C26H38N6O4/c1-2-22-25(28-18-7-9-20(33)10-8-18)31-26(23(30-22)24(27)34)29-19-5-3-6-21(17-19)36-14-4-11-32-12-15-35-16-13-32/h3,5-6,17-18,20,33H,2,4,7-16H2,1H3,(H2,27,34)(H2,28,29,31). The Hall–Kier alpha value is -2.95. The molecule has 10 nitrogen and oxygen atoms in total. The molecule has 0 atom stereocenters. The number of ether oxygens (including phenoxy) is 2. The molecule has 1 aliphatic heterocycles. The molecule has 2 fully saturated rings. The molecule has 196 valence electrons. The summed E-state index contributed by atoms with van der Waals surface area (Å²) in [5.74, 6) is 1.05. The van der Waals surface area contributed by atoms with Crippen molar-refractivity contribution in [3.05, 3.63) is 35.7 Å². The van der Waals surface area contributed by atoms with Crippen LogP contribution in [-0.2, 0) is 11.2 Å². The molecule has 1 amide bonds. The zero-order valence-corrected chi connectivity index (χ0v) is 21.0. The van der Waals surface area contributed by atoms with E-state index < -0.39 is 5.91 Å². The minimum atomic E-state index is -0.637. The van der Waals surface area contributed by atoms with Gasteiger partial charge in [0.25, 0.3) is 5.91 Å². The van der Waals surface area contributed by atoms with Crippen LogP contribution in [0.1, 0.15) is 55.2 Å². The Balaban J connectivity index is 1.42. The number of amides is 1. The lowest BCUT2D eigenvalue weighted by Crippen LogP contribution is -2.37. The molecule has 1 aliphatic carbocycles. The molecular weight excluding hydrogens is 460 g/mol. The SMILES string of the molecule is CCc1nc(C(N)=O)c(Nc2cccc(OCCCN3CCOCC3)c2)nc1NC1CCC(O)CC1. The molecule has 1 aromatic carbocycles. The van der Waals surface area contributed by atoms with E-state index in [9.17, 15) is 9.90 Å². The van der Waals surface area contributed by atoms with E-state index >= 15 is 0 Å². The molecule has 1 saturated heterocycles. The first-order chi connectivity index (χ1) is 17.5. The van der Waals surface area contributed by atoms with Crippen LogP contribution < -0.4 is 21.1 Å². The van der Waals surface area contributed by atoms with Crippen LogP contribution in [-0.4, -0.2) is 77.5 Å². The van der Waals surface area contributed by atoms with Crippen molar-refractivity contribution >= 4 is 23.2 Å². The molecular formula is C26H38N6O4. The van der Waals surface area contributed by atoms with E-state index in [1.54, 1.807) is 0 Å². The average Bonchev–Trinajstić information content (AvgIpc) is 2.89. The predicted octanol–water partition coefficient (Wildman–Crippen LogP) is 2.70. The number of aliphatic hydroxyl groups is 1. The van der Waals surface area contributed by atoms with E-state index in [0.717, 1.165) is 76.4 Å². The van der Waals surface area contributed by atoms with Gasteiger partial charge in [0, 0.05) is 37.4 Å². The number of hydrogen-bond acceptors (Lipinski definition) is 9. The lowest BCUT2D eigenvalue weighted by molar-refractivity contribution is 0.0358. The first-order valence-corrected chi connectivity index (χ1v) is 13.0. The van der Waals surface area contributed by atoms with E-state index in [1.807, 2.05) is 31.2 Å². The molecule has 4 rings (SSSR count). The summed E-state index contributed by atoms with van der Waals surface area (Å²) >= 11 is 0. The molecule has 1 saturated carbocycles. The number of aliphatic hydroxyl groups excluding tert-OH is 1. The fraction of sp³-hybridized carbons (Fsp3) is 0.577. The highest BCUT2D eigenvalue weighted by Gasteiger charge is 2.23. The van der Waals surface area contributed by atoms with Crippen LogP contribution in [0.2, 0.25) is 0 Å². The highest BCUT2D eigenvalue weighted by Crippen LogP contribution is 2.27. The fourth-order valence-electron chi connectivity index (χ4n) is 4.61. The van der Waals surface area contributed by atoms with Crippen molar-refractivity contribution < 1.29 is 19.4 Å². The number of carbonyl (C=O) groups excluding carboxylic acids is 1. The topological polar surface area (TPSA) is 135 Å². The minimum absolute atomic E-state index is 0.105. The Morgan fingerprint density at radius 1 is 1.19 bits per heavy atom. The summed E-state index contributed by atoms with van der Waals surface area (Å²) in [6, 6.07) is 7.77. The number of primary amides is 1. The van der Waals surface area contributed by atoms with Gasteiger partial charge >= 0.3 is 0 Å².